The van der Waals surface area contributed by atoms with Crippen LogP contribution in [0.5, 0.6) is 5.75 Å². The molecular formula is C22H34N4O2S. The predicted molar refractivity (Wildman–Crippen MR) is 121 cm³/mol. The number of aliphatic hydroxyl groups excluding tert-OH is 1. The monoisotopic (exact) mass is 418 g/mol. The minimum absolute atomic E-state index is 0.134. The van der Waals surface area contributed by atoms with Crippen molar-refractivity contribution >= 4 is 17.3 Å². The zero-order chi connectivity index (χ0) is 21.1. The Morgan fingerprint density at radius 2 is 1.97 bits per heavy atom. The number of unbranched alkanes of at least 4 members (excludes halogenated alkanes) is 1. The van der Waals surface area contributed by atoms with Crippen molar-refractivity contribution in [3.05, 3.63) is 45.9 Å². The van der Waals surface area contributed by atoms with Crippen LogP contribution in [0.4, 0.5) is 0 Å². The molecule has 0 aliphatic heterocycles. The molecule has 1 unspecified atom stereocenters. The maximum absolute atomic E-state index is 10.4. The molecule has 0 bridgehead atoms. The van der Waals surface area contributed by atoms with Gasteiger partial charge in [0.1, 0.15) is 5.75 Å². The van der Waals surface area contributed by atoms with Crippen molar-refractivity contribution in [3.63, 3.8) is 0 Å². The van der Waals surface area contributed by atoms with Gasteiger partial charge < -0.3 is 20.5 Å². The van der Waals surface area contributed by atoms with Gasteiger partial charge in [0, 0.05) is 24.2 Å². The second kappa shape index (κ2) is 12.4. The Labute approximate surface area is 178 Å². The molecular weight excluding hydrogens is 384 g/mol. The van der Waals surface area contributed by atoms with Crippen molar-refractivity contribution in [2.45, 2.75) is 59.2 Å². The fraction of sp³-hybridized carbons (Fsp3) is 0.545. The van der Waals surface area contributed by atoms with Gasteiger partial charge in [-0.05, 0) is 64.7 Å². The van der Waals surface area contributed by atoms with Gasteiger partial charge >= 0.3 is 0 Å². The number of benzene rings is 1. The van der Waals surface area contributed by atoms with Gasteiger partial charge in [0.05, 0.1) is 23.8 Å². The largest absolute Gasteiger partial charge is 0.491 e. The van der Waals surface area contributed by atoms with E-state index in [9.17, 15) is 5.11 Å². The summed E-state index contributed by atoms with van der Waals surface area (Å²) < 4.78 is 5.64. The van der Waals surface area contributed by atoms with E-state index in [-0.39, 0.29) is 6.10 Å². The molecule has 0 fully saturated rings. The standard InChI is InChI=1S/C22H34N4O2S/c1-5-23-22(24-13-7-6-8-21-26-17(4)15-29-21)25-14-20(27)18-9-11-19(12-10-18)28-16(2)3/h9-12,15-16,20,27H,5-8,13-14H2,1-4H3,(H2,23,24,25). The highest BCUT2D eigenvalue weighted by Crippen LogP contribution is 2.19. The Morgan fingerprint density at radius 3 is 2.59 bits per heavy atom. The summed E-state index contributed by atoms with van der Waals surface area (Å²) in [6, 6.07) is 7.54. The average molecular weight is 419 g/mol. The Balaban J connectivity index is 1.76. The molecule has 2 aromatic rings. The van der Waals surface area contributed by atoms with Crippen molar-refractivity contribution < 1.29 is 9.84 Å². The van der Waals surface area contributed by atoms with Gasteiger partial charge in [0.2, 0.25) is 0 Å². The predicted octanol–water partition coefficient (Wildman–Crippen LogP) is 3.85. The summed E-state index contributed by atoms with van der Waals surface area (Å²) in [7, 11) is 0. The molecule has 1 atom stereocenters. The lowest BCUT2D eigenvalue weighted by Gasteiger charge is -2.14. The molecule has 0 saturated heterocycles. The summed E-state index contributed by atoms with van der Waals surface area (Å²) in [6.07, 6.45) is 2.64. The molecule has 3 N–H and O–H groups in total. The van der Waals surface area contributed by atoms with Crippen LogP contribution >= 0.6 is 11.3 Å². The number of ether oxygens (including phenoxy) is 1. The molecule has 0 amide bonds. The van der Waals surface area contributed by atoms with E-state index in [4.69, 9.17) is 4.74 Å². The maximum Gasteiger partial charge on any atom is 0.191 e. The SMILES string of the molecule is CCNC(=NCC(O)c1ccc(OC(C)C)cc1)NCCCCc1nc(C)cs1. The number of hydrogen-bond donors (Lipinski definition) is 3. The highest BCUT2D eigenvalue weighted by atomic mass is 32.1. The number of aryl methyl sites for hydroxylation is 2. The van der Waals surface area contributed by atoms with E-state index in [0.717, 1.165) is 55.3 Å². The van der Waals surface area contributed by atoms with Crippen molar-refractivity contribution in [1.29, 1.82) is 0 Å². The summed E-state index contributed by atoms with van der Waals surface area (Å²) in [5.74, 6) is 1.54. The van der Waals surface area contributed by atoms with Gasteiger partial charge in [-0.25, -0.2) is 4.98 Å². The molecule has 1 aromatic carbocycles. The molecule has 1 heterocycles. The topological polar surface area (TPSA) is 78.8 Å². The molecule has 0 aliphatic carbocycles. The Bertz CT molecular complexity index is 744. The Kier molecular flexibility index (Phi) is 9.94. The van der Waals surface area contributed by atoms with Gasteiger partial charge in [-0.2, -0.15) is 0 Å². The van der Waals surface area contributed by atoms with Crippen LogP contribution in [0.2, 0.25) is 0 Å². The van der Waals surface area contributed by atoms with Crippen molar-refractivity contribution in [2.75, 3.05) is 19.6 Å². The normalized spacial score (nSPS) is 12.8. The van der Waals surface area contributed by atoms with Crippen LogP contribution in [0.3, 0.4) is 0 Å². The molecule has 0 aliphatic rings. The van der Waals surface area contributed by atoms with Gasteiger partial charge in [-0.1, -0.05) is 12.1 Å². The third-order valence-electron chi connectivity index (χ3n) is 4.18. The van der Waals surface area contributed by atoms with Crippen molar-refractivity contribution in [3.8, 4) is 5.75 Å². The first-order chi connectivity index (χ1) is 14.0. The van der Waals surface area contributed by atoms with E-state index in [1.807, 2.05) is 52.0 Å². The number of thiazole rings is 1. The number of guanidine groups is 1. The van der Waals surface area contributed by atoms with E-state index in [0.29, 0.717) is 6.54 Å². The number of aliphatic imine (C=N–C) groups is 1. The fourth-order valence-electron chi connectivity index (χ4n) is 2.79. The molecule has 29 heavy (non-hydrogen) atoms. The molecule has 6 nitrogen and oxygen atoms in total. The fourth-order valence-corrected chi connectivity index (χ4v) is 3.61. The molecule has 2 rings (SSSR count). The lowest BCUT2D eigenvalue weighted by Crippen LogP contribution is -2.38. The summed E-state index contributed by atoms with van der Waals surface area (Å²) in [6.45, 7) is 9.97. The molecule has 0 spiro atoms. The number of hydrogen-bond acceptors (Lipinski definition) is 5. The first-order valence-corrected chi connectivity index (χ1v) is 11.2. The van der Waals surface area contributed by atoms with Crippen LogP contribution in [-0.4, -0.2) is 41.8 Å². The number of nitrogens with one attached hydrogen (secondary N) is 2. The number of aliphatic hydroxyl groups is 1. The summed E-state index contributed by atoms with van der Waals surface area (Å²) >= 11 is 1.73. The van der Waals surface area contributed by atoms with Crippen molar-refractivity contribution in [1.82, 2.24) is 15.6 Å². The highest BCUT2D eigenvalue weighted by molar-refractivity contribution is 7.09. The zero-order valence-electron chi connectivity index (χ0n) is 17.9. The van der Waals surface area contributed by atoms with Gasteiger partial charge in [-0.15, -0.1) is 11.3 Å². The van der Waals surface area contributed by atoms with Gasteiger partial charge in [0.25, 0.3) is 0 Å². The second-order valence-corrected chi connectivity index (χ2v) is 8.18. The van der Waals surface area contributed by atoms with Crippen LogP contribution in [0.25, 0.3) is 0 Å². The Hall–Kier alpha value is -2.12. The van der Waals surface area contributed by atoms with Gasteiger partial charge in [-0.3, -0.25) is 4.99 Å². The summed E-state index contributed by atoms with van der Waals surface area (Å²) in [4.78, 5) is 9.02. The summed E-state index contributed by atoms with van der Waals surface area (Å²) in [5, 5.41) is 20.3. The van der Waals surface area contributed by atoms with E-state index in [1.165, 1.54) is 5.01 Å². The lowest BCUT2D eigenvalue weighted by molar-refractivity contribution is 0.186. The average Bonchev–Trinajstić information content (AvgIpc) is 3.10. The Morgan fingerprint density at radius 1 is 1.21 bits per heavy atom. The van der Waals surface area contributed by atoms with E-state index in [2.05, 4.69) is 26.0 Å². The minimum atomic E-state index is -0.647. The van der Waals surface area contributed by atoms with Crippen LogP contribution in [-0.2, 0) is 6.42 Å². The van der Waals surface area contributed by atoms with Crippen LogP contribution in [0.15, 0.2) is 34.6 Å². The van der Waals surface area contributed by atoms with Crippen LogP contribution in [0, 0.1) is 6.92 Å². The van der Waals surface area contributed by atoms with Gasteiger partial charge in [0.15, 0.2) is 5.96 Å². The molecule has 0 radical (unpaired) electrons. The highest BCUT2D eigenvalue weighted by Gasteiger charge is 2.08. The number of nitrogens with zero attached hydrogens (tertiary/aromatic N) is 2. The van der Waals surface area contributed by atoms with E-state index in [1.54, 1.807) is 11.3 Å². The maximum atomic E-state index is 10.4. The van der Waals surface area contributed by atoms with Crippen LogP contribution in [0.1, 0.15) is 56.0 Å². The van der Waals surface area contributed by atoms with E-state index < -0.39 is 6.10 Å². The smallest absolute Gasteiger partial charge is 0.191 e. The quantitative estimate of drug-likeness (QED) is 0.293. The molecule has 160 valence electrons. The number of rotatable bonds is 11. The zero-order valence-corrected chi connectivity index (χ0v) is 18.8. The van der Waals surface area contributed by atoms with Crippen LogP contribution < -0.4 is 15.4 Å². The first-order valence-electron chi connectivity index (χ1n) is 10.4. The van der Waals surface area contributed by atoms with E-state index >= 15 is 0 Å². The minimum Gasteiger partial charge on any atom is -0.491 e. The lowest BCUT2D eigenvalue weighted by atomic mass is 10.1. The van der Waals surface area contributed by atoms with Crippen molar-refractivity contribution in [2.24, 2.45) is 4.99 Å². The molecule has 0 saturated carbocycles. The third-order valence-corrected chi connectivity index (χ3v) is 5.21. The first kappa shape index (κ1) is 23.2. The second-order valence-electron chi connectivity index (χ2n) is 7.24. The number of aromatic nitrogens is 1. The third kappa shape index (κ3) is 8.83. The summed E-state index contributed by atoms with van der Waals surface area (Å²) in [5.41, 5.74) is 1.93. The molecule has 1 aromatic heterocycles. The molecule has 7 heteroatoms.